The third-order valence-corrected chi connectivity index (χ3v) is 6.11. The summed E-state index contributed by atoms with van der Waals surface area (Å²) < 4.78 is 40.7. The fraction of sp³-hybridized carbons (Fsp3) is 0.167. The number of nitrogens with one attached hydrogen (secondary N) is 2. The van der Waals surface area contributed by atoms with E-state index >= 15 is 0 Å². The number of pyridine rings is 1. The molecule has 2 heterocycles. The predicted octanol–water partition coefficient (Wildman–Crippen LogP) is 4.22. The van der Waals surface area contributed by atoms with E-state index < -0.39 is 29.4 Å². The van der Waals surface area contributed by atoms with Crippen LogP contribution in [0.25, 0.3) is 10.8 Å². The highest BCUT2D eigenvalue weighted by Crippen LogP contribution is 2.37. The summed E-state index contributed by atoms with van der Waals surface area (Å²) in [5.74, 6) is -1.72. The molecule has 3 aromatic rings. The molecular weight excluding hydrogens is 534 g/mol. The molecule has 1 unspecified atom stereocenters. The van der Waals surface area contributed by atoms with E-state index in [1.165, 1.54) is 31.4 Å². The van der Waals surface area contributed by atoms with Gasteiger partial charge in [-0.15, -0.1) is 5.01 Å². The van der Waals surface area contributed by atoms with Crippen LogP contribution >= 0.6 is 23.2 Å². The standard InChI is InChI=1S/C24H18Cl2F3N5O3/c1-3-37-32-22(35)15-11-13-7-4-5-8-14(13)19(26)20(15)33(2)23(36)17-12-18(24(27,28)29)31-34(17)21-16(25)9-6-10-30-21/h4-12H,3H2,1-2H3,(H,32,35)/p+1. The largest absolute Gasteiger partial charge is 0.438 e. The number of hydroxylamine groups is 1. The fourth-order valence-electron chi connectivity index (χ4n) is 3.74. The van der Waals surface area contributed by atoms with Crippen LogP contribution in [0.15, 0.2) is 65.5 Å². The van der Waals surface area contributed by atoms with Crippen molar-refractivity contribution in [1.29, 1.82) is 0 Å². The maximum absolute atomic E-state index is 13.7. The van der Waals surface area contributed by atoms with Crippen molar-refractivity contribution < 1.29 is 32.6 Å². The Balaban J connectivity index is 1.84. The van der Waals surface area contributed by atoms with E-state index in [-0.39, 0.29) is 38.7 Å². The van der Waals surface area contributed by atoms with E-state index in [1.807, 2.05) is 0 Å². The molecule has 4 rings (SSSR count). The van der Waals surface area contributed by atoms with E-state index in [1.54, 1.807) is 31.2 Å². The molecule has 0 radical (unpaired) electrons. The van der Waals surface area contributed by atoms with Crippen molar-refractivity contribution in [2.24, 2.45) is 5.10 Å². The molecule has 1 aliphatic heterocycles. The van der Waals surface area contributed by atoms with Crippen LogP contribution in [0.1, 0.15) is 17.3 Å². The molecular formula is C24H19Cl2F3N5O3+. The number of benzene rings is 2. The number of carbonyl (C=O) groups excluding carboxylic acids is 2. The topological polar surface area (TPSA) is 88.3 Å². The lowest BCUT2D eigenvalue weighted by Crippen LogP contribution is -3.01. The monoisotopic (exact) mass is 552 g/mol. The molecule has 0 bridgehead atoms. The van der Waals surface area contributed by atoms with Crippen molar-refractivity contribution in [2.45, 2.75) is 13.1 Å². The Labute approximate surface area is 218 Å². The highest BCUT2D eigenvalue weighted by atomic mass is 35.5. The van der Waals surface area contributed by atoms with Gasteiger partial charge in [0.15, 0.2) is 0 Å². The first-order chi connectivity index (χ1) is 17.5. The number of allylic oxidation sites excluding steroid dienone is 1. The number of alkyl halides is 3. The van der Waals surface area contributed by atoms with Gasteiger partial charge in [-0.25, -0.2) is 10.5 Å². The van der Waals surface area contributed by atoms with Crippen LogP contribution in [0.5, 0.6) is 0 Å². The Morgan fingerprint density at radius 1 is 1.16 bits per heavy atom. The van der Waals surface area contributed by atoms with Gasteiger partial charge in [0.2, 0.25) is 11.4 Å². The number of rotatable bonds is 6. The minimum atomic E-state index is -4.84. The van der Waals surface area contributed by atoms with Crippen molar-refractivity contribution in [2.75, 3.05) is 18.6 Å². The number of anilines is 1. The molecule has 0 spiro atoms. The molecule has 2 amide bonds. The summed E-state index contributed by atoms with van der Waals surface area (Å²) in [6.07, 6.45) is -2.90. The van der Waals surface area contributed by atoms with Crippen LogP contribution in [0.2, 0.25) is 10.0 Å². The van der Waals surface area contributed by atoms with Gasteiger partial charge < -0.3 is 4.90 Å². The van der Waals surface area contributed by atoms with Gasteiger partial charge in [0.05, 0.1) is 22.9 Å². The first-order valence-corrected chi connectivity index (χ1v) is 11.6. The number of hydrogen-bond acceptors (Lipinski definition) is 5. The lowest BCUT2D eigenvalue weighted by Gasteiger charge is -2.23. The van der Waals surface area contributed by atoms with E-state index in [0.29, 0.717) is 16.8 Å². The molecule has 2 aromatic carbocycles. The molecule has 1 aliphatic rings. The average Bonchev–Trinajstić information content (AvgIpc) is 3.32. The Bertz CT molecular complexity index is 1460. The molecule has 1 atom stereocenters. The number of quaternary nitrogens is 1. The zero-order valence-electron chi connectivity index (χ0n) is 19.4. The number of likely N-dealkylation sites (N-methyl/N-ethyl adjacent to an activating group) is 1. The highest BCUT2D eigenvalue weighted by Gasteiger charge is 2.46. The van der Waals surface area contributed by atoms with Crippen molar-refractivity contribution >= 4 is 63.0 Å². The predicted molar refractivity (Wildman–Crippen MR) is 133 cm³/mol. The summed E-state index contributed by atoms with van der Waals surface area (Å²) in [6.45, 7) is 1.83. The number of fused-ring (bicyclic) bond motifs is 1. The summed E-state index contributed by atoms with van der Waals surface area (Å²) in [7, 11) is 1.29. The minimum Gasteiger partial charge on any atom is -0.304 e. The van der Waals surface area contributed by atoms with E-state index in [2.05, 4.69) is 15.6 Å². The second kappa shape index (κ2) is 10.5. The van der Waals surface area contributed by atoms with Crippen LogP contribution in [-0.4, -0.2) is 42.3 Å². The van der Waals surface area contributed by atoms with Crippen molar-refractivity contribution in [3.63, 3.8) is 0 Å². The third kappa shape index (κ3) is 5.16. The number of nitrogens with zero attached hydrogens (tertiary/aromatic N) is 3. The number of halogens is 5. The maximum Gasteiger partial charge on any atom is 0.438 e. The molecule has 13 heteroatoms. The molecule has 37 heavy (non-hydrogen) atoms. The minimum absolute atomic E-state index is 0.00606. The Morgan fingerprint density at radius 3 is 2.57 bits per heavy atom. The maximum atomic E-state index is 13.7. The second-order valence-corrected chi connectivity index (χ2v) is 8.56. The van der Waals surface area contributed by atoms with Gasteiger partial charge in [-0.1, -0.05) is 52.6 Å². The molecule has 0 fully saturated rings. The second-order valence-electron chi connectivity index (χ2n) is 7.77. The van der Waals surface area contributed by atoms with E-state index in [9.17, 15) is 22.8 Å². The van der Waals surface area contributed by atoms with Gasteiger partial charge in [0.1, 0.15) is 5.02 Å². The molecule has 2 N–H and O–H groups in total. The Morgan fingerprint density at radius 2 is 1.89 bits per heavy atom. The summed E-state index contributed by atoms with van der Waals surface area (Å²) in [6, 6.07) is 11.3. The molecule has 0 saturated heterocycles. The molecule has 192 valence electrons. The Hall–Kier alpha value is -3.51. The van der Waals surface area contributed by atoms with Crippen molar-refractivity contribution in [3.8, 4) is 0 Å². The van der Waals surface area contributed by atoms with E-state index in [4.69, 9.17) is 28.0 Å². The zero-order valence-corrected chi connectivity index (χ0v) is 20.9. The highest BCUT2D eigenvalue weighted by molar-refractivity contribution is 6.40. The number of amides is 2. The van der Waals surface area contributed by atoms with Gasteiger partial charge in [0, 0.05) is 24.7 Å². The summed E-state index contributed by atoms with van der Waals surface area (Å²) >= 11 is 12.8. The first-order valence-electron chi connectivity index (χ1n) is 10.8. The number of carbonyl (C=O) groups is 2. The average molecular weight is 553 g/mol. The summed E-state index contributed by atoms with van der Waals surface area (Å²) in [5.41, 5.74) is 0.488. The van der Waals surface area contributed by atoms with Crippen LogP contribution in [0.4, 0.5) is 24.7 Å². The Kier molecular flexibility index (Phi) is 7.51. The number of aromatic nitrogens is 1. The quantitative estimate of drug-likeness (QED) is 0.448. The fourth-order valence-corrected chi connectivity index (χ4v) is 4.35. The van der Waals surface area contributed by atoms with Crippen LogP contribution < -0.4 is 15.4 Å². The summed E-state index contributed by atoms with van der Waals surface area (Å²) in [4.78, 5) is 36.6. The molecule has 1 aromatic heterocycles. The van der Waals surface area contributed by atoms with Gasteiger partial charge in [-0.05, 0) is 30.5 Å². The molecule has 0 saturated carbocycles. The number of hydrogen-bond donors (Lipinski definition) is 2. The smallest absolute Gasteiger partial charge is 0.304 e. The lowest BCUT2D eigenvalue weighted by molar-refractivity contribution is -0.792. The SMILES string of the molecule is CCONC(=O)c1cc2ccccc2c(Cl)c1N(C)C(=O)C1=CC(C(F)(F)F)=N[NH+]1c1ncccc1Cl. The van der Waals surface area contributed by atoms with Gasteiger partial charge >= 0.3 is 12.1 Å². The summed E-state index contributed by atoms with van der Waals surface area (Å²) in [5, 5.41) is 4.45. The van der Waals surface area contributed by atoms with Gasteiger partial charge in [-0.2, -0.15) is 13.2 Å². The van der Waals surface area contributed by atoms with Crippen LogP contribution in [0.3, 0.4) is 0 Å². The van der Waals surface area contributed by atoms with E-state index in [0.717, 1.165) is 4.90 Å². The van der Waals surface area contributed by atoms with Crippen molar-refractivity contribution in [1.82, 2.24) is 10.5 Å². The van der Waals surface area contributed by atoms with Crippen molar-refractivity contribution in [3.05, 3.63) is 76.0 Å². The van der Waals surface area contributed by atoms with Gasteiger partial charge in [0.25, 0.3) is 11.7 Å². The zero-order chi connectivity index (χ0) is 26.9. The first kappa shape index (κ1) is 26.6. The van der Waals surface area contributed by atoms with Crippen LogP contribution in [0, 0.1) is 0 Å². The lowest BCUT2D eigenvalue weighted by atomic mass is 10.0. The normalized spacial score (nSPS) is 15.4. The van der Waals surface area contributed by atoms with Gasteiger partial charge in [-0.3, -0.25) is 14.4 Å². The molecule has 0 aliphatic carbocycles. The molecule has 8 nitrogen and oxygen atoms in total. The van der Waals surface area contributed by atoms with Crippen LogP contribution in [-0.2, 0) is 9.63 Å². The third-order valence-electron chi connectivity index (χ3n) is 5.43.